The molecule has 19 heteroatoms. The van der Waals surface area contributed by atoms with Gasteiger partial charge in [0.25, 0.3) is 5.91 Å². The molecule has 0 spiro atoms. The highest BCUT2D eigenvalue weighted by Gasteiger charge is 2.36. The zero-order chi connectivity index (χ0) is 45.2. The number of aromatic nitrogens is 4. The quantitative estimate of drug-likeness (QED) is 0.127. The van der Waals surface area contributed by atoms with Gasteiger partial charge in [-0.15, -0.1) is 0 Å². The Morgan fingerprint density at radius 3 is 2.00 bits per heavy atom. The number of morpholine rings is 2. The normalized spacial score (nSPS) is 19.1. The van der Waals surface area contributed by atoms with Crippen LogP contribution in [0, 0.1) is 0 Å². The predicted octanol–water partition coefficient (Wildman–Crippen LogP) is 7.82. The van der Waals surface area contributed by atoms with E-state index in [-0.39, 0.29) is 48.1 Å². The van der Waals surface area contributed by atoms with Gasteiger partial charge in [0.1, 0.15) is 56.4 Å². The molecule has 1 aromatic carbocycles. The third kappa shape index (κ3) is 14.7. The molecule has 2 aliphatic rings. The third-order valence-corrected chi connectivity index (χ3v) is 9.69. The summed E-state index contributed by atoms with van der Waals surface area (Å²) < 4.78 is 29.6. The van der Waals surface area contributed by atoms with E-state index in [1.807, 2.05) is 57.2 Å². The van der Waals surface area contributed by atoms with Crippen LogP contribution in [0.25, 0.3) is 11.4 Å². The van der Waals surface area contributed by atoms with E-state index in [2.05, 4.69) is 41.2 Å². The molecule has 0 aliphatic carbocycles. The van der Waals surface area contributed by atoms with E-state index < -0.39 is 29.5 Å². The van der Waals surface area contributed by atoms with Gasteiger partial charge in [0.2, 0.25) is 0 Å². The monoisotopic (exact) mass is 957 g/mol. The summed E-state index contributed by atoms with van der Waals surface area (Å²) in [6.07, 6.45) is -1.15. The second-order valence-electron chi connectivity index (χ2n) is 16.3. The van der Waals surface area contributed by atoms with Crippen LogP contribution in [0.4, 0.5) is 9.59 Å². The summed E-state index contributed by atoms with van der Waals surface area (Å²) >= 11 is 15.7. The summed E-state index contributed by atoms with van der Waals surface area (Å²) in [6.45, 7) is 12.7. The van der Waals surface area contributed by atoms with Crippen molar-refractivity contribution in [1.82, 2.24) is 35.1 Å². The van der Waals surface area contributed by atoms with Gasteiger partial charge in [-0.2, -0.15) is 0 Å². The van der Waals surface area contributed by atoms with Crippen LogP contribution in [0.5, 0.6) is 0 Å². The number of carbonyl (C=O) groups excluding carboxylic acids is 4. The number of amides is 3. The van der Waals surface area contributed by atoms with E-state index in [0.29, 0.717) is 59.3 Å². The molecule has 4 atom stereocenters. The van der Waals surface area contributed by atoms with Crippen molar-refractivity contribution < 1.29 is 42.9 Å². The number of nitrogens with zero attached hydrogens (tertiary/aromatic N) is 6. The van der Waals surface area contributed by atoms with Crippen molar-refractivity contribution in [2.45, 2.75) is 83.8 Å². The van der Waals surface area contributed by atoms with Gasteiger partial charge in [-0.05, 0) is 104 Å². The van der Waals surface area contributed by atoms with Gasteiger partial charge in [0.05, 0.1) is 56.9 Å². The van der Waals surface area contributed by atoms with Crippen LogP contribution in [0.15, 0.2) is 71.6 Å². The molecule has 5 heterocycles. The Kier molecular flexibility index (Phi) is 16.8. The SMILES string of the molecule is CC(C)(C)OC(=O)N1C[C@@H](COCc2ccccc2)O[C@H](c2cc(Cl)nc(Br)c2)C1.CNC(=O)c1cc(-c2cc([C@@H]3CN(C(=O)OC(C)(C)C)C[C@@H](C=O)O3)cc(Cl)n2)ncn1. The summed E-state index contributed by atoms with van der Waals surface area (Å²) in [5.74, 6) is -0.367. The molecule has 2 saturated heterocycles. The number of ether oxygens (including phenoxy) is 5. The molecule has 16 nitrogen and oxygen atoms in total. The number of carbonyl (C=O) groups is 4. The minimum absolute atomic E-state index is 0.0853. The summed E-state index contributed by atoms with van der Waals surface area (Å²) in [7, 11) is 1.50. The average molecular weight is 960 g/mol. The maximum atomic E-state index is 12.7. The van der Waals surface area contributed by atoms with E-state index in [1.165, 1.54) is 24.3 Å². The number of benzene rings is 1. The van der Waals surface area contributed by atoms with E-state index in [4.69, 9.17) is 46.9 Å². The summed E-state index contributed by atoms with van der Waals surface area (Å²) in [4.78, 5) is 68.3. The standard InChI is InChI=1S/C22H26BrClN2O4.C21H24ClN5O5/c1-22(2,3)30-21(27)26-11-17(14-28-13-15-7-5-4-6-8-15)29-18(12-26)16-9-19(23)25-20(24)10-16;1-21(2,3)32-20(30)27-8-13(10-28)31-17(9-27)12-5-15(26-18(22)6-12)14-7-16(19(29)23-4)25-11-24-14/h4-10,17-18H,11-14H2,1-3H3;5-7,10-11,13,17H,8-9H2,1-4H3,(H,23,29)/t17-,18-;13-,17-/m00/s1. The first-order valence-corrected chi connectivity index (χ1v) is 21.2. The van der Waals surface area contributed by atoms with Crippen LogP contribution >= 0.6 is 39.1 Å². The van der Waals surface area contributed by atoms with Gasteiger partial charge in [0.15, 0.2) is 6.29 Å². The maximum Gasteiger partial charge on any atom is 0.410 e. The zero-order valence-corrected chi connectivity index (χ0v) is 38.6. The lowest BCUT2D eigenvalue weighted by Gasteiger charge is -2.38. The number of nitrogens with one attached hydrogen (secondary N) is 1. The molecule has 3 aromatic heterocycles. The van der Waals surface area contributed by atoms with Crippen molar-refractivity contribution in [3.8, 4) is 11.4 Å². The summed E-state index contributed by atoms with van der Waals surface area (Å²) in [5.41, 5.74) is 2.21. The highest BCUT2D eigenvalue weighted by molar-refractivity contribution is 9.10. The highest BCUT2D eigenvalue weighted by Crippen LogP contribution is 2.32. The molecule has 0 saturated carbocycles. The maximum absolute atomic E-state index is 12.7. The highest BCUT2D eigenvalue weighted by atomic mass is 79.9. The Labute approximate surface area is 379 Å². The van der Waals surface area contributed by atoms with Gasteiger partial charge in [-0.1, -0.05) is 53.5 Å². The van der Waals surface area contributed by atoms with E-state index in [9.17, 15) is 19.2 Å². The molecular formula is C43H50BrCl2N7O9. The fraction of sp³-hybridized carbons (Fsp3) is 0.442. The van der Waals surface area contributed by atoms with E-state index in [1.54, 1.807) is 43.9 Å². The largest absolute Gasteiger partial charge is 0.444 e. The van der Waals surface area contributed by atoms with Gasteiger partial charge in [0, 0.05) is 7.05 Å². The van der Waals surface area contributed by atoms with Crippen LogP contribution in [0.2, 0.25) is 10.3 Å². The van der Waals surface area contributed by atoms with Crippen molar-refractivity contribution in [3.05, 3.63) is 104 Å². The van der Waals surface area contributed by atoms with Crippen molar-refractivity contribution >= 4 is 63.5 Å². The number of aldehydes is 1. The lowest BCUT2D eigenvalue weighted by Crippen LogP contribution is -2.49. The van der Waals surface area contributed by atoms with Gasteiger partial charge >= 0.3 is 12.2 Å². The molecule has 1 N–H and O–H groups in total. The van der Waals surface area contributed by atoms with E-state index in [0.717, 1.165) is 11.1 Å². The lowest BCUT2D eigenvalue weighted by molar-refractivity contribution is -0.132. The van der Waals surface area contributed by atoms with Crippen molar-refractivity contribution in [2.75, 3.05) is 39.8 Å². The molecule has 2 fully saturated rings. The molecule has 0 bridgehead atoms. The fourth-order valence-corrected chi connectivity index (χ4v) is 7.24. The Bertz CT molecular complexity index is 2170. The van der Waals surface area contributed by atoms with E-state index >= 15 is 0 Å². The third-order valence-electron chi connectivity index (χ3n) is 8.90. The molecule has 6 rings (SSSR count). The van der Waals surface area contributed by atoms with Gasteiger partial charge < -0.3 is 43.6 Å². The molecule has 332 valence electrons. The Hall–Kier alpha value is -4.78. The molecule has 3 amide bonds. The molecular weight excluding hydrogens is 909 g/mol. The number of hydrogen-bond acceptors (Lipinski definition) is 13. The molecule has 0 unspecified atom stereocenters. The average Bonchev–Trinajstić information content (AvgIpc) is 3.22. The predicted molar refractivity (Wildman–Crippen MR) is 234 cm³/mol. The smallest absolute Gasteiger partial charge is 0.410 e. The minimum atomic E-state index is -0.824. The zero-order valence-electron chi connectivity index (χ0n) is 35.5. The topological polar surface area (TPSA) is 184 Å². The lowest BCUT2D eigenvalue weighted by atomic mass is 10.1. The fourth-order valence-electron chi connectivity index (χ4n) is 6.25. The summed E-state index contributed by atoms with van der Waals surface area (Å²) in [5, 5.41) is 3.02. The first-order valence-electron chi connectivity index (χ1n) is 19.7. The molecule has 62 heavy (non-hydrogen) atoms. The van der Waals surface area contributed by atoms with Gasteiger partial charge in [-0.3, -0.25) is 4.79 Å². The second kappa shape index (κ2) is 21.5. The number of rotatable bonds is 9. The van der Waals surface area contributed by atoms with Crippen LogP contribution in [0.1, 0.15) is 80.9 Å². The Morgan fingerprint density at radius 2 is 1.40 bits per heavy atom. The first-order chi connectivity index (χ1) is 29.3. The Morgan fingerprint density at radius 1 is 0.806 bits per heavy atom. The Balaban J connectivity index is 0.000000235. The molecule has 0 radical (unpaired) electrons. The second-order valence-corrected chi connectivity index (χ2v) is 17.9. The number of hydrogen-bond donors (Lipinski definition) is 1. The molecule has 4 aromatic rings. The van der Waals surface area contributed by atoms with Gasteiger partial charge in [-0.25, -0.2) is 29.5 Å². The first kappa shape index (κ1) is 48.3. The molecule has 2 aliphatic heterocycles. The van der Waals surface area contributed by atoms with Crippen LogP contribution in [-0.2, 0) is 35.1 Å². The van der Waals surface area contributed by atoms with Crippen molar-refractivity contribution in [2.24, 2.45) is 0 Å². The minimum Gasteiger partial charge on any atom is -0.444 e. The van der Waals surface area contributed by atoms with Crippen molar-refractivity contribution in [1.29, 1.82) is 0 Å². The van der Waals surface area contributed by atoms with Crippen LogP contribution in [-0.4, -0.2) is 117 Å². The number of halogens is 3. The number of pyridine rings is 2. The van der Waals surface area contributed by atoms with Crippen LogP contribution in [0.3, 0.4) is 0 Å². The van der Waals surface area contributed by atoms with Crippen molar-refractivity contribution in [3.63, 3.8) is 0 Å². The van der Waals surface area contributed by atoms with Crippen LogP contribution < -0.4 is 5.32 Å². The summed E-state index contributed by atoms with van der Waals surface area (Å²) in [6, 6.07) is 18.3.